The highest BCUT2D eigenvalue weighted by Crippen LogP contribution is 2.25. The first kappa shape index (κ1) is 15.6. The molecule has 114 valence electrons. The molecule has 0 aliphatic heterocycles. The van der Waals surface area contributed by atoms with Crippen molar-refractivity contribution in [2.45, 2.75) is 38.3 Å². The molecule has 0 aromatic heterocycles. The quantitative estimate of drug-likeness (QED) is 0.800. The Bertz CT molecular complexity index is 518. The summed E-state index contributed by atoms with van der Waals surface area (Å²) < 4.78 is 0. The van der Waals surface area contributed by atoms with E-state index < -0.39 is 5.97 Å². The number of urea groups is 1. The van der Waals surface area contributed by atoms with Crippen molar-refractivity contribution in [3.05, 3.63) is 34.9 Å². The SMILES string of the molecule is CC(NC(=O)NC1CCC(C(=O)O)C1)c1ccc(Cl)cc1. The number of halogens is 1. The molecule has 2 amide bonds. The highest BCUT2D eigenvalue weighted by Gasteiger charge is 2.30. The van der Waals surface area contributed by atoms with Gasteiger partial charge in [-0.2, -0.15) is 0 Å². The van der Waals surface area contributed by atoms with E-state index in [-0.39, 0.29) is 24.0 Å². The number of aliphatic carboxylic acids is 1. The summed E-state index contributed by atoms with van der Waals surface area (Å²) >= 11 is 5.83. The number of benzene rings is 1. The van der Waals surface area contributed by atoms with Gasteiger partial charge in [0.2, 0.25) is 0 Å². The van der Waals surface area contributed by atoms with Crippen molar-refractivity contribution < 1.29 is 14.7 Å². The van der Waals surface area contributed by atoms with E-state index in [4.69, 9.17) is 16.7 Å². The summed E-state index contributed by atoms with van der Waals surface area (Å²) in [6.45, 7) is 1.89. The fraction of sp³-hybridized carbons (Fsp3) is 0.467. The molecule has 1 aromatic carbocycles. The third-order valence-corrected chi connectivity index (χ3v) is 4.09. The predicted octanol–water partition coefficient (Wildman–Crippen LogP) is 2.95. The maximum absolute atomic E-state index is 11.9. The third kappa shape index (κ3) is 4.36. The first-order valence-electron chi connectivity index (χ1n) is 7.01. The molecule has 1 aromatic rings. The number of hydrogen-bond acceptors (Lipinski definition) is 2. The van der Waals surface area contributed by atoms with Crippen LogP contribution in [0, 0.1) is 5.92 Å². The standard InChI is InChI=1S/C15H19ClN2O3/c1-9(10-2-5-12(16)6-3-10)17-15(21)18-13-7-4-11(8-13)14(19)20/h2-3,5-6,9,11,13H,4,7-8H2,1H3,(H,19,20)(H2,17,18,21). The first-order chi connectivity index (χ1) is 9.95. The van der Waals surface area contributed by atoms with E-state index in [9.17, 15) is 9.59 Å². The molecule has 3 atom stereocenters. The average molecular weight is 311 g/mol. The third-order valence-electron chi connectivity index (χ3n) is 3.83. The van der Waals surface area contributed by atoms with Gasteiger partial charge in [0.15, 0.2) is 0 Å². The van der Waals surface area contributed by atoms with Crippen LogP contribution in [-0.2, 0) is 4.79 Å². The Morgan fingerprint density at radius 3 is 2.52 bits per heavy atom. The van der Waals surface area contributed by atoms with Crippen LogP contribution in [0.4, 0.5) is 4.79 Å². The Morgan fingerprint density at radius 1 is 1.29 bits per heavy atom. The average Bonchev–Trinajstić information content (AvgIpc) is 2.87. The molecule has 0 saturated heterocycles. The molecule has 1 saturated carbocycles. The monoisotopic (exact) mass is 310 g/mol. The van der Waals surface area contributed by atoms with Gasteiger partial charge in [-0.25, -0.2) is 4.79 Å². The van der Waals surface area contributed by atoms with Gasteiger partial charge in [0.05, 0.1) is 12.0 Å². The van der Waals surface area contributed by atoms with Crippen LogP contribution in [-0.4, -0.2) is 23.1 Å². The minimum atomic E-state index is -0.783. The lowest BCUT2D eigenvalue weighted by Gasteiger charge is -2.18. The van der Waals surface area contributed by atoms with Gasteiger partial charge in [-0.1, -0.05) is 23.7 Å². The topological polar surface area (TPSA) is 78.4 Å². The highest BCUT2D eigenvalue weighted by atomic mass is 35.5. The molecule has 0 heterocycles. The summed E-state index contributed by atoms with van der Waals surface area (Å²) in [4.78, 5) is 22.8. The molecule has 3 unspecified atom stereocenters. The molecule has 1 aliphatic carbocycles. The van der Waals surface area contributed by atoms with Crippen LogP contribution < -0.4 is 10.6 Å². The van der Waals surface area contributed by atoms with Gasteiger partial charge in [0.1, 0.15) is 0 Å². The summed E-state index contributed by atoms with van der Waals surface area (Å²) in [5.74, 6) is -1.13. The van der Waals surface area contributed by atoms with Gasteiger partial charge in [0.25, 0.3) is 0 Å². The van der Waals surface area contributed by atoms with Gasteiger partial charge in [-0.3, -0.25) is 4.79 Å². The molecule has 1 fully saturated rings. The summed E-state index contributed by atoms with van der Waals surface area (Å²) in [6.07, 6.45) is 1.82. The Kier molecular flexibility index (Phi) is 5.07. The van der Waals surface area contributed by atoms with Crippen LogP contribution in [0.3, 0.4) is 0 Å². The van der Waals surface area contributed by atoms with Crippen LogP contribution in [0.1, 0.15) is 37.8 Å². The fourth-order valence-corrected chi connectivity index (χ4v) is 2.72. The van der Waals surface area contributed by atoms with E-state index in [1.807, 2.05) is 19.1 Å². The van der Waals surface area contributed by atoms with Crippen molar-refractivity contribution in [2.24, 2.45) is 5.92 Å². The Hall–Kier alpha value is -1.75. The van der Waals surface area contributed by atoms with Gasteiger partial charge in [-0.15, -0.1) is 0 Å². The van der Waals surface area contributed by atoms with Crippen LogP contribution in [0.2, 0.25) is 5.02 Å². The predicted molar refractivity (Wildman–Crippen MR) is 80.3 cm³/mol. The molecular formula is C15H19ClN2O3. The maximum Gasteiger partial charge on any atom is 0.315 e. The largest absolute Gasteiger partial charge is 0.481 e. The zero-order valence-electron chi connectivity index (χ0n) is 11.8. The van der Waals surface area contributed by atoms with Crippen LogP contribution in [0.15, 0.2) is 24.3 Å². The molecule has 0 bridgehead atoms. The number of rotatable bonds is 4. The summed E-state index contributed by atoms with van der Waals surface area (Å²) in [7, 11) is 0. The molecular weight excluding hydrogens is 292 g/mol. The smallest absolute Gasteiger partial charge is 0.315 e. The second-order valence-corrected chi connectivity index (χ2v) is 5.87. The van der Waals surface area contributed by atoms with Crippen molar-refractivity contribution in [2.75, 3.05) is 0 Å². The van der Waals surface area contributed by atoms with Gasteiger partial charge < -0.3 is 15.7 Å². The highest BCUT2D eigenvalue weighted by molar-refractivity contribution is 6.30. The van der Waals surface area contributed by atoms with Crippen molar-refractivity contribution in [3.63, 3.8) is 0 Å². The summed E-state index contributed by atoms with van der Waals surface area (Å²) in [5, 5.41) is 15.3. The van der Waals surface area contributed by atoms with E-state index >= 15 is 0 Å². The number of carbonyl (C=O) groups excluding carboxylic acids is 1. The molecule has 0 spiro atoms. The van der Waals surface area contributed by atoms with Gasteiger partial charge >= 0.3 is 12.0 Å². The number of carboxylic acids is 1. The molecule has 6 heteroatoms. The Morgan fingerprint density at radius 2 is 1.95 bits per heavy atom. The maximum atomic E-state index is 11.9. The van der Waals surface area contributed by atoms with Crippen molar-refractivity contribution in [1.29, 1.82) is 0 Å². The van der Waals surface area contributed by atoms with E-state index in [1.54, 1.807) is 12.1 Å². The van der Waals surface area contributed by atoms with E-state index in [1.165, 1.54) is 0 Å². The van der Waals surface area contributed by atoms with E-state index in [2.05, 4.69) is 10.6 Å². The lowest BCUT2D eigenvalue weighted by atomic mass is 10.1. The molecule has 0 radical (unpaired) electrons. The number of carbonyl (C=O) groups is 2. The Labute approximate surface area is 128 Å². The zero-order chi connectivity index (χ0) is 15.4. The molecule has 3 N–H and O–H groups in total. The normalized spacial score (nSPS) is 22.6. The lowest BCUT2D eigenvalue weighted by molar-refractivity contribution is -0.141. The zero-order valence-corrected chi connectivity index (χ0v) is 12.6. The van der Waals surface area contributed by atoms with E-state index in [0.29, 0.717) is 24.3 Å². The fourth-order valence-electron chi connectivity index (χ4n) is 2.60. The van der Waals surface area contributed by atoms with Crippen LogP contribution in [0.25, 0.3) is 0 Å². The van der Waals surface area contributed by atoms with E-state index in [0.717, 1.165) is 5.56 Å². The lowest BCUT2D eigenvalue weighted by Crippen LogP contribution is -2.42. The summed E-state index contributed by atoms with van der Waals surface area (Å²) in [5.41, 5.74) is 0.962. The first-order valence-corrected chi connectivity index (χ1v) is 7.39. The minimum absolute atomic E-state index is 0.0662. The molecule has 1 aliphatic rings. The number of nitrogens with one attached hydrogen (secondary N) is 2. The van der Waals surface area contributed by atoms with Gasteiger partial charge in [0, 0.05) is 11.1 Å². The number of hydrogen-bond donors (Lipinski definition) is 3. The van der Waals surface area contributed by atoms with Crippen LogP contribution >= 0.6 is 11.6 Å². The Balaban J connectivity index is 1.82. The van der Waals surface area contributed by atoms with Crippen molar-refractivity contribution in [3.8, 4) is 0 Å². The molecule has 5 nitrogen and oxygen atoms in total. The number of amides is 2. The molecule has 2 rings (SSSR count). The number of carboxylic acid groups (broad SMARTS) is 1. The van der Waals surface area contributed by atoms with Crippen LogP contribution in [0.5, 0.6) is 0 Å². The molecule has 21 heavy (non-hydrogen) atoms. The van der Waals surface area contributed by atoms with Gasteiger partial charge in [-0.05, 0) is 43.9 Å². The second kappa shape index (κ2) is 6.80. The summed E-state index contributed by atoms with van der Waals surface area (Å²) in [6, 6.07) is 6.81. The second-order valence-electron chi connectivity index (χ2n) is 5.44. The van der Waals surface area contributed by atoms with Crippen molar-refractivity contribution in [1.82, 2.24) is 10.6 Å². The minimum Gasteiger partial charge on any atom is -0.481 e. The van der Waals surface area contributed by atoms with Crippen molar-refractivity contribution >= 4 is 23.6 Å².